The van der Waals surface area contributed by atoms with E-state index in [-0.39, 0.29) is 5.82 Å². The highest BCUT2D eigenvalue weighted by atomic mass is 19.1. The molecular formula is C24H23FN4. The zero-order chi connectivity index (χ0) is 19.8. The fourth-order valence-electron chi connectivity index (χ4n) is 3.94. The Morgan fingerprint density at radius 1 is 0.862 bits per heavy atom. The minimum absolute atomic E-state index is 0.245. The summed E-state index contributed by atoms with van der Waals surface area (Å²) in [6.45, 7) is 4.34. The molecule has 0 spiro atoms. The number of hydrogen-bond donors (Lipinski definition) is 0. The predicted octanol–water partition coefficient (Wildman–Crippen LogP) is 5.44. The lowest BCUT2D eigenvalue weighted by molar-refractivity contribution is 0.435. The van der Waals surface area contributed by atoms with Crippen LogP contribution in [0.25, 0.3) is 28.2 Å². The second-order valence-corrected chi connectivity index (χ2v) is 7.84. The average molecular weight is 386 g/mol. The molecule has 2 aromatic carbocycles. The van der Waals surface area contributed by atoms with Crippen molar-refractivity contribution in [2.45, 2.75) is 19.8 Å². The third-order valence-corrected chi connectivity index (χ3v) is 5.73. The molecule has 4 nitrogen and oxygen atoms in total. The zero-order valence-corrected chi connectivity index (χ0v) is 16.4. The normalized spacial score (nSPS) is 15.2. The van der Waals surface area contributed by atoms with Crippen molar-refractivity contribution in [3.63, 3.8) is 0 Å². The first-order valence-electron chi connectivity index (χ1n) is 10.1. The minimum Gasteiger partial charge on any atom is -0.356 e. The molecule has 0 radical (unpaired) electrons. The molecule has 4 aromatic rings. The second-order valence-electron chi connectivity index (χ2n) is 7.84. The van der Waals surface area contributed by atoms with Crippen molar-refractivity contribution >= 4 is 11.5 Å². The largest absolute Gasteiger partial charge is 0.356 e. The fourth-order valence-corrected chi connectivity index (χ4v) is 3.94. The van der Waals surface area contributed by atoms with Gasteiger partial charge in [-0.25, -0.2) is 9.37 Å². The topological polar surface area (TPSA) is 33.4 Å². The van der Waals surface area contributed by atoms with Crippen LogP contribution >= 0.6 is 0 Å². The predicted molar refractivity (Wildman–Crippen MR) is 114 cm³/mol. The number of aromatic nitrogens is 3. The van der Waals surface area contributed by atoms with Gasteiger partial charge in [0.05, 0.1) is 11.4 Å². The third-order valence-electron chi connectivity index (χ3n) is 5.73. The van der Waals surface area contributed by atoms with Crippen molar-refractivity contribution in [3.05, 3.63) is 72.5 Å². The molecule has 1 fully saturated rings. The SMILES string of the molecule is CC1CCN(c2cc(-c3ccccc3)nc3cc(-c4ccc(F)cc4)nn23)CC1. The summed E-state index contributed by atoms with van der Waals surface area (Å²) in [7, 11) is 0. The Kier molecular flexibility index (Phi) is 4.51. The van der Waals surface area contributed by atoms with Crippen LogP contribution in [0.15, 0.2) is 66.7 Å². The summed E-state index contributed by atoms with van der Waals surface area (Å²) >= 11 is 0. The van der Waals surface area contributed by atoms with E-state index in [4.69, 9.17) is 10.1 Å². The lowest BCUT2D eigenvalue weighted by Gasteiger charge is -2.32. The Morgan fingerprint density at radius 3 is 2.28 bits per heavy atom. The van der Waals surface area contributed by atoms with Gasteiger partial charge < -0.3 is 4.90 Å². The number of fused-ring (bicyclic) bond motifs is 1. The summed E-state index contributed by atoms with van der Waals surface area (Å²) < 4.78 is 15.3. The van der Waals surface area contributed by atoms with Gasteiger partial charge >= 0.3 is 0 Å². The van der Waals surface area contributed by atoms with Gasteiger partial charge in [-0.15, -0.1) is 0 Å². The van der Waals surface area contributed by atoms with Gasteiger partial charge in [0.1, 0.15) is 11.6 Å². The molecular weight excluding hydrogens is 363 g/mol. The van der Waals surface area contributed by atoms with Crippen LogP contribution in [0, 0.1) is 11.7 Å². The zero-order valence-electron chi connectivity index (χ0n) is 16.4. The molecule has 5 rings (SSSR count). The summed E-state index contributed by atoms with van der Waals surface area (Å²) in [5, 5.41) is 4.83. The van der Waals surface area contributed by atoms with Crippen LogP contribution in [0.5, 0.6) is 0 Å². The highest BCUT2D eigenvalue weighted by Gasteiger charge is 2.21. The Labute approximate surface area is 169 Å². The van der Waals surface area contributed by atoms with Gasteiger partial charge in [0, 0.05) is 36.3 Å². The Hall–Kier alpha value is -3.21. The van der Waals surface area contributed by atoms with E-state index in [0.717, 1.165) is 53.0 Å². The van der Waals surface area contributed by atoms with Gasteiger partial charge in [0.2, 0.25) is 0 Å². The van der Waals surface area contributed by atoms with Gasteiger partial charge in [-0.1, -0.05) is 37.3 Å². The van der Waals surface area contributed by atoms with E-state index in [1.54, 1.807) is 12.1 Å². The van der Waals surface area contributed by atoms with Crippen molar-refractivity contribution < 1.29 is 4.39 Å². The van der Waals surface area contributed by atoms with Gasteiger partial charge in [-0.2, -0.15) is 9.61 Å². The maximum Gasteiger partial charge on any atom is 0.158 e. The van der Waals surface area contributed by atoms with E-state index in [2.05, 4.69) is 30.0 Å². The van der Waals surface area contributed by atoms with Crippen LogP contribution in [0.2, 0.25) is 0 Å². The van der Waals surface area contributed by atoms with E-state index < -0.39 is 0 Å². The van der Waals surface area contributed by atoms with E-state index in [1.807, 2.05) is 28.8 Å². The molecule has 1 aliphatic rings. The molecule has 0 aliphatic carbocycles. The maximum absolute atomic E-state index is 13.3. The molecule has 5 heteroatoms. The molecule has 1 saturated heterocycles. The van der Waals surface area contributed by atoms with E-state index in [1.165, 1.54) is 25.0 Å². The van der Waals surface area contributed by atoms with E-state index in [9.17, 15) is 4.39 Å². The summed E-state index contributed by atoms with van der Waals surface area (Å²) in [6.07, 6.45) is 2.35. The summed E-state index contributed by atoms with van der Waals surface area (Å²) in [4.78, 5) is 7.28. The molecule has 0 saturated carbocycles. The molecule has 2 aromatic heterocycles. The molecule has 1 aliphatic heterocycles. The lowest BCUT2D eigenvalue weighted by Crippen LogP contribution is -2.34. The molecule has 0 bridgehead atoms. The Balaban J connectivity index is 1.65. The highest BCUT2D eigenvalue weighted by molar-refractivity contribution is 5.71. The highest BCUT2D eigenvalue weighted by Crippen LogP contribution is 2.30. The molecule has 0 atom stereocenters. The first-order chi connectivity index (χ1) is 14.2. The fraction of sp³-hybridized carbons (Fsp3) is 0.250. The smallest absolute Gasteiger partial charge is 0.158 e. The number of rotatable bonds is 3. The quantitative estimate of drug-likeness (QED) is 0.470. The van der Waals surface area contributed by atoms with Crippen molar-refractivity contribution in [1.29, 1.82) is 0 Å². The van der Waals surface area contributed by atoms with E-state index >= 15 is 0 Å². The van der Waals surface area contributed by atoms with Crippen molar-refractivity contribution in [1.82, 2.24) is 14.6 Å². The lowest BCUT2D eigenvalue weighted by atomic mass is 9.99. The molecule has 3 heterocycles. The van der Waals surface area contributed by atoms with Crippen molar-refractivity contribution in [2.24, 2.45) is 5.92 Å². The number of anilines is 1. The minimum atomic E-state index is -0.245. The number of benzene rings is 2. The Bertz CT molecular complexity index is 1130. The van der Waals surface area contributed by atoms with Crippen LogP contribution in [0.3, 0.4) is 0 Å². The summed E-state index contributed by atoms with van der Waals surface area (Å²) in [5.41, 5.74) is 4.52. The van der Waals surface area contributed by atoms with E-state index in [0.29, 0.717) is 0 Å². The van der Waals surface area contributed by atoms with Crippen LogP contribution in [0.4, 0.5) is 10.2 Å². The molecule has 0 N–H and O–H groups in total. The monoisotopic (exact) mass is 386 g/mol. The summed E-state index contributed by atoms with van der Waals surface area (Å²) in [6, 6.07) is 20.8. The third kappa shape index (κ3) is 3.48. The van der Waals surface area contributed by atoms with Crippen LogP contribution in [-0.2, 0) is 0 Å². The number of nitrogens with zero attached hydrogens (tertiary/aromatic N) is 4. The molecule has 29 heavy (non-hydrogen) atoms. The number of halogens is 1. The Morgan fingerprint density at radius 2 is 1.55 bits per heavy atom. The van der Waals surface area contributed by atoms with Crippen LogP contribution in [0.1, 0.15) is 19.8 Å². The van der Waals surface area contributed by atoms with Gasteiger partial charge in [0.15, 0.2) is 5.65 Å². The van der Waals surface area contributed by atoms with Crippen molar-refractivity contribution in [2.75, 3.05) is 18.0 Å². The average Bonchev–Trinajstić information content (AvgIpc) is 3.19. The van der Waals surface area contributed by atoms with Crippen LogP contribution < -0.4 is 4.90 Å². The van der Waals surface area contributed by atoms with Gasteiger partial charge in [-0.05, 0) is 43.0 Å². The first-order valence-corrected chi connectivity index (χ1v) is 10.1. The second kappa shape index (κ2) is 7.32. The van der Waals surface area contributed by atoms with Gasteiger partial charge in [-0.3, -0.25) is 0 Å². The summed E-state index contributed by atoms with van der Waals surface area (Å²) in [5.74, 6) is 1.57. The maximum atomic E-state index is 13.3. The van der Waals surface area contributed by atoms with Gasteiger partial charge in [0.25, 0.3) is 0 Å². The van der Waals surface area contributed by atoms with Crippen molar-refractivity contribution in [3.8, 4) is 22.5 Å². The van der Waals surface area contributed by atoms with Crippen LogP contribution in [-0.4, -0.2) is 27.7 Å². The molecule has 146 valence electrons. The molecule has 0 unspecified atom stereocenters. The number of hydrogen-bond acceptors (Lipinski definition) is 3. The number of piperidine rings is 1. The standard InChI is InChI=1S/C24H23FN4/c1-17-11-13-28(14-12-17)24-16-21(18-5-3-2-4-6-18)26-23-15-22(27-29(23)24)19-7-9-20(25)10-8-19/h2-10,15-17H,11-14H2,1H3. The molecule has 0 amide bonds. The first kappa shape index (κ1) is 17.9.